The molecule has 19 heavy (non-hydrogen) atoms. The van der Waals surface area contributed by atoms with Crippen LogP contribution in [0.2, 0.25) is 0 Å². The maximum atomic E-state index is 4.41. The van der Waals surface area contributed by atoms with Crippen molar-refractivity contribution in [2.24, 2.45) is 0 Å². The lowest BCUT2D eigenvalue weighted by atomic mass is 10.0. The topological polar surface area (TPSA) is 41.1 Å². The lowest BCUT2D eigenvalue weighted by Crippen LogP contribution is -2.40. The molecule has 0 unspecified atom stereocenters. The van der Waals surface area contributed by atoms with E-state index in [0.717, 1.165) is 22.1 Å². The van der Waals surface area contributed by atoms with Crippen LogP contribution in [0.15, 0.2) is 17.8 Å². The summed E-state index contributed by atoms with van der Waals surface area (Å²) in [7, 11) is 0. The van der Waals surface area contributed by atoms with Crippen LogP contribution < -0.4 is 5.32 Å². The van der Waals surface area contributed by atoms with Gasteiger partial charge >= 0.3 is 0 Å². The number of anilines is 1. The first-order valence-electron chi connectivity index (χ1n) is 7.09. The molecule has 4 nitrogen and oxygen atoms in total. The third-order valence-electron chi connectivity index (χ3n) is 4.20. The maximum absolute atomic E-state index is 4.41. The van der Waals surface area contributed by atoms with Gasteiger partial charge in [-0.25, -0.2) is 9.97 Å². The molecule has 1 aliphatic carbocycles. The highest BCUT2D eigenvalue weighted by Crippen LogP contribution is 2.30. The third-order valence-corrected chi connectivity index (χ3v) is 5.02. The van der Waals surface area contributed by atoms with Crippen molar-refractivity contribution in [2.45, 2.75) is 37.8 Å². The largest absolute Gasteiger partial charge is 0.367 e. The number of hydrogen-bond acceptors (Lipinski definition) is 5. The Labute approximate surface area is 116 Å². The first-order chi connectivity index (χ1) is 9.40. The van der Waals surface area contributed by atoms with E-state index in [9.17, 15) is 0 Å². The Morgan fingerprint density at radius 3 is 2.79 bits per heavy atom. The summed E-state index contributed by atoms with van der Waals surface area (Å²) in [5, 5.41) is 6.87. The lowest BCUT2D eigenvalue weighted by Gasteiger charge is -2.32. The summed E-state index contributed by atoms with van der Waals surface area (Å²) in [5.41, 5.74) is 0. The minimum Gasteiger partial charge on any atom is -0.367 e. The highest BCUT2D eigenvalue weighted by Gasteiger charge is 2.31. The van der Waals surface area contributed by atoms with Gasteiger partial charge in [-0.15, -0.1) is 11.3 Å². The Kier molecular flexibility index (Phi) is 2.89. The SMILES string of the molecule is c1nc(NC2CCN(C3CC3)CC2)c2ccsc2n1. The van der Waals surface area contributed by atoms with Gasteiger partial charge in [0.2, 0.25) is 0 Å². The van der Waals surface area contributed by atoms with E-state index in [1.807, 2.05) is 0 Å². The Balaban J connectivity index is 1.45. The van der Waals surface area contributed by atoms with Crippen molar-refractivity contribution in [2.75, 3.05) is 18.4 Å². The minimum atomic E-state index is 0.563. The summed E-state index contributed by atoms with van der Waals surface area (Å²) in [6, 6.07) is 3.58. The van der Waals surface area contributed by atoms with Gasteiger partial charge in [0.05, 0.1) is 5.39 Å². The van der Waals surface area contributed by atoms with Gasteiger partial charge in [0.1, 0.15) is 17.0 Å². The molecule has 1 saturated carbocycles. The zero-order valence-electron chi connectivity index (χ0n) is 10.9. The van der Waals surface area contributed by atoms with Crippen LogP contribution in [0.3, 0.4) is 0 Å². The summed E-state index contributed by atoms with van der Waals surface area (Å²) in [5.74, 6) is 1.01. The summed E-state index contributed by atoms with van der Waals surface area (Å²) in [6.45, 7) is 2.47. The van der Waals surface area contributed by atoms with Gasteiger partial charge in [-0.1, -0.05) is 0 Å². The predicted molar refractivity (Wildman–Crippen MR) is 78.7 cm³/mol. The molecule has 2 aromatic rings. The summed E-state index contributed by atoms with van der Waals surface area (Å²) < 4.78 is 0. The van der Waals surface area contributed by atoms with E-state index < -0.39 is 0 Å². The van der Waals surface area contributed by atoms with E-state index in [-0.39, 0.29) is 0 Å². The van der Waals surface area contributed by atoms with Crippen LogP contribution in [0.1, 0.15) is 25.7 Å². The number of fused-ring (bicyclic) bond motifs is 1. The molecule has 1 saturated heterocycles. The highest BCUT2D eigenvalue weighted by atomic mass is 32.1. The quantitative estimate of drug-likeness (QED) is 0.934. The average molecular weight is 274 g/mol. The van der Waals surface area contributed by atoms with Gasteiger partial charge in [-0.3, -0.25) is 0 Å². The second-order valence-electron chi connectivity index (χ2n) is 5.55. The molecule has 3 heterocycles. The summed E-state index contributed by atoms with van der Waals surface area (Å²) >= 11 is 1.68. The lowest BCUT2D eigenvalue weighted by molar-refractivity contribution is 0.210. The fraction of sp³-hybridized carbons (Fsp3) is 0.571. The molecule has 1 aliphatic heterocycles. The van der Waals surface area contributed by atoms with E-state index in [2.05, 4.69) is 31.6 Å². The summed E-state index contributed by atoms with van der Waals surface area (Å²) in [6.07, 6.45) is 6.96. The second-order valence-corrected chi connectivity index (χ2v) is 6.44. The number of rotatable bonds is 3. The number of piperidine rings is 1. The zero-order chi connectivity index (χ0) is 12.7. The van der Waals surface area contributed by atoms with Crippen LogP contribution in [0.5, 0.6) is 0 Å². The second kappa shape index (κ2) is 4.72. The number of likely N-dealkylation sites (tertiary alicyclic amines) is 1. The molecular formula is C14H18N4S. The zero-order valence-corrected chi connectivity index (χ0v) is 11.7. The molecule has 4 rings (SSSR count). The fourth-order valence-electron chi connectivity index (χ4n) is 2.95. The molecule has 2 aliphatic rings. The number of aromatic nitrogens is 2. The van der Waals surface area contributed by atoms with Crippen molar-refractivity contribution in [3.05, 3.63) is 17.8 Å². The molecule has 0 amide bonds. The van der Waals surface area contributed by atoms with Gasteiger partial charge in [-0.05, 0) is 37.1 Å². The van der Waals surface area contributed by atoms with Crippen molar-refractivity contribution in [1.82, 2.24) is 14.9 Å². The van der Waals surface area contributed by atoms with Crippen molar-refractivity contribution in [3.8, 4) is 0 Å². The van der Waals surface area contributed by atoms with Gasteiger partial charge in [0, 0.05) is 25.2 Å². The Morgan fingerprint density at radius 2 is 2.00 bits per heavy atom. The molecule has 1 N–H and O–H groups in total. The molecule has 0 spiro atoms. The van der Waals surface area contributed by atoms with E-state index in [0.29, 0.717) is 6.04 Å². The van der Waals surface area contributed by atoms with Gasteiger partial charge < -0.3 is 10.2 Å². The fourth-order valence-corrected chi connectivity index (χ4v) is 3.68. The van der Waals surface area contributed by atoms with Crippen LogP contribution >= 0.6 is 11.3 Å². The molecular weight excluding hydrogens is 256 g/mol. The summed E-state index contributed by atoms with van der Waals surface area (Å²) in [4.78, 5) is 12.4. The van der Waals surface area contributed by atoms with E-state index >= 15 is 0 Å². The van der Waals surface area contributed by atoms with Crippen molar-refractivity contribution in [3.63, 3.8) is 0 Å². The molecule has 2 aromatic heterocycles. The number of thiophene rings is 1. The van der Waals surface area contributed by atoms with Crippen LogP contribution in [-0.2, 0) is 0 Å². The van der Waals surface area contributed by atoms with Crippen molar-refractivity contribution in [1.29, 1.82) is 0 Å². The van der Waals surface area contributed by atoms with E-state index in [1.165, 1.54) is 38.8 Å². The first-order valence-corrected chi connectivity index (χ1v) is 7.97. The predicted octanol–water partition coefficient (Wildman–Crippen LogP) is 2.73. The molecule has 100 valence electrons. The number of nitrogens with zero attached hydrogens (tertiary/aromatic N) is 3. The average Bonchev–Trinajstić information content (AvgIpc) is 3.17. The van der Waals surface area contributed by atoms with Gasteiger partial charge in [-0.2, -0.15) is 0 Å². The Hall–Kier alpha value is -1.20. The Morgan fingerprint density at radius 1 is 1.16 bits per heavy atom. The van der Waals surface area contributed by atoms with Crippen LogP contribution in [-0.4, -0.2) is 40.0 Å². The van der Waals surface area contributed by atoms with Gasteiger partial charge in [0.15, 0.2) is 0 Å². The first kappa shape index (κ1) is 11.6. The monoisotopic (exact) mass is 274 g/mol. The Bertz CT molecular complexity index is 570. The molecule has 0 aromatic carbocycles. The van der Waals surface area contributed by atoms with Crippen LogP contribution in [0.4, 0.5) is 5.82 Å². The highest BCUT2D eigenvalue weighted by molar-refractivity contribution is 7.16. The van der Waals surface area contributed by atoms with Crippen molar-refractivity contribution < 1.29 is 0 Å². The van der Waals surface area contributed by atoms with Gasteiger partial charge in [0.25, 0.3) is 0 Å². The molecule has 5 heteroatoms. The number of hydrogen-bond donors (Lipinski definition) is 1. The number of nitrogens with one attached hydrogen (secondary N) is 1. The minimum absolute atomic E-state index is 0.563. The molecule has 0 atom stereocenters. The molecule has 2 fully saturated rings. The molecule has 0 radical (unpaired) electrons. The van der Waals surface area contributed by atoms with Crippen molar-refractivity contribution >= 4 is 27.4 Å². The van der Waals surface area contributed by atoms with E-state index in [1.54, 1.807) is 17.7 Å². The normalized spacial score (nSPS) is 21.9. The third kappa shape index (κ3) is 2.32. The van der Waals surface area contributed by atoms with Crippen LogP contribution in [0, 0.1) is 0 Å². The smallest absolute Gasteiger partial charge is 0.138 e. The maximum Gasteiger partial charge on any atom is 0.138 e. The van der Waals surface area contributed by atoms with Crippen LogP contribution in [0.25, 0.3) is 10.2 Å². The van der Waals surface area contributed by atoms with E-state index in [4.69, 9.17) is 0 Å². The standard InChI is InChI=1S/C14H18N4S/c1-2-11(1)18-6-3-10(4-7-18)17-13-12-5-8-19-14(12)16-9-15-13/h5,8-11H,1-4,6-7H2,(H,15,16,17). The molecule has 0 bridgehead atoms.